The lowest BCUT2D eigenvalue weighted by molar-refractivity contribution is 0.0734. The first kappa shape index (κ1) is 44.2. The minimum absolute atomic E-state index is 0.0209. The van der Waals surface area contributed by atoms with Crippen LogP contribution in [-0.2, 0) is 12.8 Å². The minimum atomic E-state index is -0.822. The Morgan fingerprint density at radius 3 is 1.55 bits per heavy atom. The van der Waals surface area contributed by atoms with E-state index in [0.29, 0.717) is 53.2 Å². The first-order valence-electron chi connectivity index (χ1n) is 21.3. The lowest BCUT2D eigenvalue weighted by Crippen LogP contribution is -2.16. The number of ketones is 1. The highest BCUT2D eigenvalue weighted by molar-refractivity contribution is 7.80. The molecule has 5 aromatic rings. The molecule has 0 saturated heterocycles. The van der Waals surface area contributed by atoms with E-state index in [9.17, 15) is 14.0 Å². The van der Waals surface area contributed by atoms with Gasteiger partial charge >= 0.3 is 5.97 Å². The number of aryl methyl sites for hydroxylation is 1. The topological polar surface area (TPSA) is 52.6 Å². The highest BCUT2D eigenvalue weighted by atomic mass is 32.1. The largest absolute Gasteiger partial charge is 0.457 e. The van der Waals surface area contributed by atoms with Crippen molar-refractivity contribution in [3.05, 3.63) is 149 Å². The molecule has 5 aromatic carbocycles. The van der Waals surface area contributed by atoms with Crippen molar-refractivity contribution in [1.29, 1.82) is 0 Å². The van der Waals surface area contributed by atoms with E-state index in [1.54, 1.807) is 60.7 Å². The molecule has 0 aliphatic carbocycles. The predicted molar refractivity (Wildman–Crippen MR) is 240 cm³/mol. The molecule has 0 aromatic heterocycles. The van der Waals surface area contributed by atoms with E-state index in [2.05, 4.69) is 31.2 Å². The molecular weight excluding hydrogens is 740 g/mol. The average molecular weight is 799 g/mol. The first-order chi connectivity index (χ1) is 28.2. The third kappa shape index (κ3) is 14.2. The van der Waals surface area contributed by atoms with Crippen LogP contribution in [0.3, 0.4) is 0 Å². The lowest BCUT2D eigenvalue weighted by atomic mass is 9.95. The van der Waals surface area contributed by atoms with Crippen molar-refractivity contribution in [2.45, 2.75) is 117 Å². The Hall–Kier alpha value is -4.94. The van der Waals surface area contributed by atoms with Gasteiger partial charge in [0, 0.05) is 17.5 Å². The zero-order valence-electron chi connectivity index (χ0n) is 34.5. The fourth-order valence-electron chi connectivity index (χ4n) is 7.16. The minimum Gasteiger partial charge on any atom is -0.457 e. The smallest absolute Gasteiger partial charge is 0.343 e. The van der Waals surface area contributed by atoms with Gasteiger partial charge in [0.25, 0.3) is 0 Å². The molecule has 0 N–H and O–H groups in total. The zero-order valence-corrected chi connectivity index (χ0v) is 35.3. The number of thiocarbonyl (C=S) groups is 1. The number of halogens is 1. The number of benzene rings is 5. The lowest BCUT2D eigenvalue weighted by Gasteiger charge is -2.15. The van der Waals surface area contributed by atoms with Crippen molar-refractivity contribution < 1.29 is 23.5 Å². The van der Waals surface area contributed by atoms with Crippen LogP contribution in [0.1, 0.15) is 135 Å². The van der Waals surface area contributed by atoms with Crippen LogP contribution in [0.2, 0.25) is 0 Å². The molecule has 304 valence electrons. The average Bonchev–Trinajstić information content (AvgIpc) is 3.25. The summed E-state index contributed by atoms with van der Waals surface area (Å²) in [6.07, 6.45) is 15.3. The van der Waals surface area contributed by atoms with Gasteiger partial charge in [-0.2, -0.15) is 0 Å². The highest BCUT2D eigenvalue weighted by Gasteiger charge is 2.16. The van der Waals surface area contributed by atoms with Crippen molar-refractivity contribution in [3.8, 4) is 28.4 Å². The van der Waals surface area contributed by atoms with Gasteiger partial charge < -0.3 is 9.47 Å². The van der Waals surface area contributed by atoms with E-state index in [1.165, 1.54) is 69.8 Å². The van der Waals surface area contributed by atoms with Crippen LogP contribution < -0.4 is 9.47 Å². The Bertz CT molecular complexity index is 2000. The van der Waals surface area contributed by atoms with Crippen LogP contribution in [0.5, 0.6) is 17.2 Å². The summed E-state index contributed by atoms with van der Waals surface area (Å²) in [6, 6.07) is 37.5. The van der Waals surface area contributed by atoms with Crippen LogP contribution in [0.25, 0.3) is 11.1 Å². The molecular formula is C52H59FO4S. The second kappa shape index (κ2) is 23.5. The normalized spacial score (nSPS) is 12.1. The number of rotatable bonds is 24. The van der Waals surface area contributed by atoms with Crippen molar-refractivity contribution in [1.82, 2.24) is 0 Å². The van der Waals surface area contributed by atoms with E-state index in [0.717, 1.165) is 28.0 Å². The molecule has 4 nitrogen and oxygen atoms in total. The van der Waals surface area contributed by atoms with Crippen LogP contribution >= 0.6 is 12.2 Å². The molecule has 0 amide bonds. The van der Waals surface area contributed by atoms with Crippen LogP contribution in [0.4, 0.5) is 4.39 Å². The van der Waals surface area contributed by atoms with Gasteiger partial charge in [0.2, 0.25) is 0 Å². The highest BCUT2D eigenvalue weighted by Crippen LogP contribution is 2.27. The Labute approximate surface area is 351 Å². The molecule has 5 rings (SSSR count). The van der Waals surface area contributed by atoms with E-state index >= 15 is 0 Å². The predicted octanol–water partition coefficient (Wildman–Crippen LogP) is 14.7. The van der Waals surface area contributed by atoms with E-state index in [4.69, 9.17) is 21.7 Å². The summed E-state index contributed by atoms with van der Waals surface area (Å²) in [4.78, 5) is 27.0. The molecule has 58 heavy (non-hydrogen) atoms. The molecule has 2 unspecified atom stereocenters. The summed E-state index contributed by atoms with van der Waals surface area (Å²) in [5, 5.41) is 0. The van der Waals surface area contributed by atoms with Crippen LogP contribution in [-0.4, -0.2) is 22.8 Å². The molecule has 0 saturated carbocycles. The second-order valence-corrected chi connectivity index (χ2v) is 16.1. The summed E-state index contributed by atoms with van der Waals surface area (Å²) < 4.78 is 25.6. The molecule has 0 radical (unpaired) electrons. The van der Waals surface area contributed by atoms with Crippen LogP contribution in [0.15, 0.2) is 121 Å². The molecule has 0 fully saturated rings. The van der Waals surface area contributed by atoms with E-state index < -0.39 is 12.1 Å². The molecule has 6 heteroatoms. The van der Waals surface area contributed by atoms with E-state index in [1.807, 2.05) is 50.2 Å². The Morgan fingerprint density at radius 1 is 0.569 bits per heavy atom. The second-order valence-electron chi connectivity index (χ2n) is 15.5. The van der Waals surface area contributed by atoms with Gasteiger partial charge in [-0.25, -0.2) is 9.18 Å². The summed E-state index contributed by atoms with van der Waals surface area (Å²) in [5.41, 5.74) is 6.07. The maximum Gasteiger partial charge on any atom is 0.343 e. The molecule has 2 atom stereocenters. The molecule has 0 bridgehead atoms. The molecule has 0 aliphatic rings. The number of carbonyl (C=O) groups excluding carboxylic acids is 2. The van der Waals surface area contributed by atoms with Crippen molar-refractivity contribution in [3.63, 3.8) is 0 Å². The summed E-state index contributed by atoms with van der Waals surface area (Å²) in [7, 11) is 0. The number of carbonyl (C=O) groups is 2. The van der Waals surface area contributed by atoms with Gasteiger partial charge in [0.05, 0.1) is 5.56 Å². The number of ether oxygens (including phenoxy) is 2. The molecule has 0 heterocycles. The monoisotopic (exact) mass is 798 g/mol. The standard InChI is InChI=1S/C52H59FO4S/c1-4-6-7-8-9-10-11-12-13-14-15-39-16-22-43(23-17-39)51(54)44-26-32-46(33-27-44)56-47-34-28-45(29-35-47)52(55)57-48-30-24-42(25-31-48)41-20-18-40(19-21-41)37-49(58)36-38(3)50(53)5-2/h16-35,38,50H,4-15,36-37H2,1-3H3. The number of alkyl halides is 1. The van der Waals surface area contributed by atoms with Gasteiger partial charge in [-0.05, 0) is 119 Å². The molecule has 0 aliphatic heterocycles. The number of esters is 1. The maximum atomic E-state index is 14.0. The zero-order chi connectivity index (χ0) is 41.1. The number of unbranched alkanes of at least 4 members (excludes halogenated alkanes) is 9. The summed E-state index contributed by atoms with van der Waals surface area (Å²) in [6.45, 7) is 6.04. The SMILES string of the molecule is CCCCCCCCCCCCc1ccc(C(=O)c2ccc(Oc3ccc(C(=O)Oc4ccc(-c5ccc(CC(=S)CC(C)C(F)CC)cc5)cc4)cc3)cc2)cc1. The number of hydrogen-bond donors (Lipinski definition) is 0. The quantitative estimate of drug-likeness (QED) is 0.0205. The number of hydrogen-bond acceptors (Lipinski definition) is 5. The van der Waals surface area contributed by atoms with Gasteiger partial charge in [-0.15, -0.1) is 0 Å². The fourth-order valence-corrected chi connectivity index (χ4v) is 7.59. The van der Waals surface area contributed by atoms with Crippen molar-refractivity contribution in [2.24, 2.45) is 5.92 Å². The third-order valence-electron chi connectivity index (χ3n) is 10.8. The van der Waals surface area contributed by atoms with Gasteiger partial charge in [0.1, 0.15) is 23.4 Å². The third-order valence-corrected chi connectivity index (χ3v) is 11.1. The fraction of sp³-hybridized carbons (Fsp3) is 0.365. The van der Waals surface area contributed by atoms with Crippen LogP contribution in [0, 0.1) is 5.92 Å². The molecule has 0 spiro atoms. The maximum absolute atomic E-state index is 14.0. The Balaban J connectivity index is 1.03. The summed E-state index contributed by atoms with van der Waals surface area (Å²) >= 11 is 5.55. The van der Waals surface area contributed by atoms with E-state index in [-0.39, 0.29) is 11.7 Å². The Morgan fingerprint density at radius 2 is 1.02 bits per heavy atom. The van der Waals surface area contributed by atoms with Gasteiger partial charge in [-0.3, -0.25) is 4.79 Å². The summed E-state index contributed by atoms with van der Waals surface area (Å²) in [5.74, 6) is 1.04. The Kier molecular flexibility index (Phi) is 17.9. The van der Waals surface area contributed by atoms with Gasteiger partial charge in [0.15, 0.2) is 5.78 Å². The van der Waals surface area contributed by atoms with Gasteiger partial charge in [-0.1, -0.05) is 151 Å². The van der Waals surface area contributed by atoms with Crippen molar-refractivity contribution in [2.75, 3.05) is 0 Å². The van der Waals surface area contributed by atoms with Crippen molar-refractivity contribution >= 4 is 28.8 Å². The first-order valence-corrected chi connectivity index (χ1v) is 21.7.